The predicted molar refractivity (Wildman–Crippen MR) is 83.2 cm³/mol. The van der Waals surface area contributed by atoms with Gasteiger partial charge in [-0.15, -0.1) is 0 Å². The molecule has 0 saturated carbocycles. The number of rotatable bonds is 11. The van der Waals surface area contributed by atoms with Gasteiger partial charge in [0.2, 0.25) is 0 Å². The minimum Gasteiger partial charge on any atom is -0.493 e. The van der Waals surface area contributed by atoms with Crippen LogP contribution in [0.25, 0.3) is 0 Å². The minimum absolute atomic E-state index is 0.450. The molecule has 0 amide bonds. The molecule has 0 aliphatic rings. The Labute approximate surface area is 127 Å². The van der Waals surface area contributed by atoms with E-state index in [0.717, 1.165) is 18.0 Å². The fourth-order valence-electron chi connectivity index (χ4n) is 1.72. The van der Waals surface area contributed by atoms with Gasteiger partial charge in [0.15, 0.2) is 11.5 Å². The van der Waals surface area contributed by atoms with E-state index in [1.54, 1.807) is 14.2 Å². The number of hydrogen-bond acceptors (Lipinski definition) is 5. The van der Waals surface area contributed by atoms with Gasteiger partial charge in [0.05, 0.1) is 26.9 Å². The van der Waals surface area contributed by atoms with Crippen LogP contribution in [0.3, 0.4) is 0 Å². The fraction of sp³-hybridized carbons (Fsp3) is 0.625. The normalized spacial score (nSPS) is 10.9. The summed E-state index contributed by atoms with van der Waals surface area (Å²) in [6.07, 6.45) is 0. The summed E-state index contributed by atoms with van der Waals surface area (Å²) in [6.45, 7) is 7.25. The molecule has 0 aliphatic carbocycles. The van der Waals surface area contributed by atoms with E-state index in [4.69, 9.17) is 18.9 Å². The number of hydrogen-bond donors (Lipinski definition) is 1. The van der Waals surface area contributed by atoms with Crippen molar-refractivity contribution in [3.05, 3.63) is 23.8 Å². The van der Waals surface area contributed by atoms with E-state index in [2.05, 4.69) is 19.2 Å². The van der Waals surface area contributed by atoms with Crippen molar-refractivity contribution in [2.75, 3.05) is 40.6 Å². The van der Waals surface area contributed by atoms with E-state index >= 15 is 0 Å². The van der Waals surface area contributed by atoms with Crippen LogP contribution in [0.2, 0.25) is 0 Å². The molecule has 0 fully saturated rings. The molecular formula is C16H27NO4. The predicted octanol–water partition coefficient (Wildman–Crippen LogP) is 2.24. The molecule has 1 aromatic carbocycles. The van der Waals surface area contributed by atoms with Gasteiger partial charge < -0.3 is 24.3 Å². The summed E-state index contributed by atoms with van der Waals surface area (Å²) in [5.41, 5.74) is 1.17. The first kappa shape index (κ1) is 17.8. The lowest BCUT2D eigenvalue weighted by Gasteiger charge is -2.14. The second kappa shape index (κ2) is 10.4. The van der Waals surface area contributed by atoms with Gasteiger partial charge in [-0.1, -0.05) is 19.9 Å². The molecule has 1 aromatic rings. The summed E-state index contributed by atoms with van der Waals surface area (Å²) < 4.78 is 21.3. The smallest absolute Gasteiger partial charge is 0.161 e. The van der Waals surface area contributed by atoms with Gasteiger partial charge in [0.1, 0.15) is 6.61 Å². The monoisotopic (exact) mass is 297 g/mol. The molecule has 5 heteroatoms. The topological polar surface area (TPSA) is 49.0 Å². The first-order valence-corrected chi connectivity index (χ1v) is 7.27. The summed E-state index contributed by atoms with van der Waals surface area (Å²) in [7, 11) is 3.30. The van der Waals surface area contributed by atoms with Gasteiger partial charge in [-0.2, -0.15) is 0 Å². The minimum atomic E-state index is 0.450. The van der Waals surface area contributed by atoms with Crippen LogP contribution in [0.15, 0.2) is 18.2 Å². The Hall–Kier alpha value is -1.30. The average Bonchev–Trinajstić information content (AvgIpc) is 2.48. The lowest BCUT2D eigenvalue weighted by atomic mass is 10.2. The molecular weight excluding hydrogens is 270 g/mol. The molecule has 5 nitrogen and oxygen atoms in total. The van der Waals surface area contributed by atoms with Gasteiger partial charge in [-0.25, -0.2) is 0 Å². The molecule has 1 N–H and O–H groups in total. The van der Waals surface area contributed by atoms with Crippen LogP contribution in [-0.2, 0) is 16.0 Å². The first-order chi connectivity index (χ1) is 10.2. The van der Waals surface area contributed by atoms with Crippen molar-refractivity contribution in [2.45, 2.75) is 26.4 Å². The van der Waals surface area contributed by atoms with Crippen LogP contribution in [0.1, 0.15) is 19.4 Å². The zero-order chi connectivity index (χ0) is 15.5. The van der Waals surface area contributed by atoms with Crippen LogP contribution in [0.5, 0.6) is 11.5 Å². The highest BCUT2D eigenvalue weighted by Gasteiger charge is 2.06. The highest BCUT2D eigenvalue weighted by molar-refractivity contribution is 5.42. The van der Waals surface area contributed by atoms with Gasteiger partial charge in [-0.3, -0.25) is 0 Å². The van der Waals surface area contributed by atoms with Gasteiger partial charge in [-0.05, 0) is 17.7 Å². The number of benzene rings is 1. The molecule has 0 saturated heterocycles. The highest BCUT2D eigenvalue weighted by atomic mass is 16.5. The molecule has 0 unspecified atom stereocenters. The summed E-state index contributed by atoms with van der Waals surface area (Å²) in [6, 6.07) is 6.42. The zero-order valence-corrected chi connectivity index (χ0v) is 13.5. The van der Waals surface area contributed by atoms with Crippen LogP contribution in [0.4, 0.5) is 0 Å². The maximum Gasteiger partial charge on any atom is 0.161 e. The standard InChI is InChI=1S/C16H27NO4/c1-13(2)17-12-14-5-6-15(19-4)16(11-14)21-10-9-20-8-7-18-3/h5-6,11,13,17H,7-10,12H2,1-4H3. The van der Waals surface area contributed by atoms with E-state index in [9.17, 15) is 0 Å². The first-order valence-electron chi connectivity index (χ1n) is 7.27. The molecule has 0 spiro atoms. The van der Waals surface area contributed by atoms with Crippen molar-refractivity contribution in [3.63, 3.8) is 0 Å². The second-order valence-corrected chi connectivity index (χ2v) is 4.97. The van der Waals surface area contributed by atoms with Crippen molar-refractivity contribution in [1.29, 1.82) is 0 Å². The van der Waals surface area contributed by atoms with Gasteiger partial charge in [0.25, 0.3) is 0 Å². The van der Waals surface area contributed by atoms with Crippen LogP contribution in [0, 0.1) is 0 Å². The third-order valence-corrected chi connectivity index (χ3v) is 2.86. The fourth-order valence-corrected chi connectivity index (χ4v) is 1.72. The van der Waals surface area contributed by atoms with Crippen LogP contribution < -0.4 is 14.8 Å². The van der Waals surface area contributed by atoms with Crippen LogP contribution >= 0.6 is 0 Å². The SMILES string of the molecule is COCCOCCOc1cc(CNC(C)C)ccc1OC. The molecule has 0 atom stereocenters. The lowest BCUT2D eigenvalue weighted by Crippen LogP contribution is -2.21. The van der Waals surface area contributed by atoms with E-state index in [1.807, 2.05) is 18.2 Å². The third kappa shape index (κ3) is 7.32. The molecule has 120 valence electrons. The van der Waals surface area contributed by atoms with Crippen molar-refractivity contribution in [2.24, 2.45) is 0 Å². The van der Waals surface area contributed by atoms with Crippen molar-refractivity contribution < 1.29 is 18.9 Å². The maximum atomic E-state index is 5.74. The van der Waals surface area contributed by atoms with Crippen LogP contribution in [-0.4, -0.2) is 46.7 Å². The van der Waals surface area contributed by atoms with Gasteiger partial charge in [0, 0.05) is 19.7 Å². The largest absolute Gasteiger partial charge is 0.493 e. The molecule has 0 aliphatic heterocycles. The van der Waals surface area contributed by atoms with Crippen molar-refractivity contribution in [1.82, 2.24) is 5.32 Å². The van der Waals surface area contributed by atoms with E-state index in [-0.39, 0.29) is 0 Å². The summed E-state index contributed by atoms with van der Waals surface area (Å²) in [4.78, 5) is 0. The van der Waals surface area contributed by atoms with Crippen molar-refractivity contribution >= 4 is 0 Å². The Morgan fingerprint density at radius 1 is 1.00 bits per heavy atom. The summed E-state index contributed by atoms with van der Waals surface area (Å²) >= 11 is 0. The molecule has 21 heavy (non-hydrogen) atoms. The summed E-state index contributed by atoms with van der Waals surface area (Å²) in [5.74, 6) is 1.48. The van der Waals surface area contributed by atoms with E-state index < -0.39 is 0 Å². The number of nitrogens with one attached hydrogen (secondary N) is 1. The van der Waals surface area contributed by atoms with E-state index in [1.165, 1.54) is 5.56 Å². The molecule has 0 aromatic heterocycles. The Morgan fingerprint density at radius 2 is 1.76 bits per heavy atom. The Morgan fingerprint density at radius 3 is 2.43 bits per heavy atom. The second-order valence-electron chi connectivity index (χ2n) is 4.97. The molecule has 0 heterocycles. The molecule has 0 radical (unpaired) electrons. The summed E-state index contributed by atoms with van der Waals surface area (Å²) in [5, 5.41) is 3.38. The van der Waals surface area contributed by atoms with Gasteiger partial charge >= 0.3 is 0 Å². The Kier molecular flexibility index (Phi) is 8.82. The molecule has 1 rings (SSSR count). The van der Waals surface area contributed by atoms with E-state index in [0.29, 0.717) is 32.5 Å². The molecule has 0 bridgehead atoms. The quantitative estimate of drug-likeness (QED) is 0.635. The average molecular weight is 297 g/mol. The third-order valence-electron chi connectivity index (χ3n) is 2.86. The number of ether oxygens (including phenoxy) is 4. The van der Waals surface area contributed by atoms with Crippen molar-refractivity contribution in [3.8, 4) is 11.5 Å². The maximum absolute atomic E-state index is 5.74. The highest BCUT2D eigenvalue weighted by Crippen LogP contribution is 2.28. The zero-order valence-electron chi connectivity index (χ0n) is 13.5. The Balaban J connectivity index is 2.47. The Bertz CT molecular complexity index is 396. The lowest BCUT2D eigenvalue weighted by molar-refractivity contribution is 0.0540. The number of methoxy groups -OCH3 is 2.